The molecule has 0 bridgehead atoms. The number of nitrogens with one attached hydrogen (secondary N) is 1. The highest BCUT2D eigenvalue weighted by atomic mass is 32.2. The summed E-state index contributed by atoms with van der Waals surface area (Å²) in [6.07, 6.45) is 0. The van der Waals surface area contributed by atoms with Crippen molar-refractivity contribution in [1.29, 1.82) is 0 Å². The number of furan rings is 1. The van der Waals surface area contributed by atoms with E-state index in [0.717, 1.165) is 11.8 Å². The second-order valence-electron chi connectivity index (χ2n) is 3.99. The number of hydrogen-bond donors (Lipinski definition) is 2. The molecule has 0 unspecified atom stereocenters. The van der Waals surface area contributed by atoms with E-state index in [1.54, 1.807) is 31.4 Å². The smallest absolute Gasteiger partial charge is 0.371 e. The van der Waals surface area contributed by atoms with Crippen LogP contribution in [0.15, 0.2) is 45.9 Å². The number of aromatic carboxylic acids is 1. The molecule has 1 aromatic carbocycles. The summed E-state index contributed by atoms with van der Waals surface area (Å²) in [5, 5.41) is 11.8. The van der Waals surface area contributed by atoms with Gasteiger partial charge >= 0.3 is 5.97 Å². The lowest BCUT2D eigenvalue weighted by molar-refractivity contribution is -0.113. The molecule has 0 spiro atoms. The molecule has 6 nitrogen and oxygen atoms in total. The van der Waals surface area contributed by atoms with Gasteiger partial charge in [-0.05, 0) is 24.3 Å². The third-order valence-electron chi connectivity index (χ3n) is 2.49. The van der Waals surface area contributed by atoms with Crippen molar-refractivity contribution < 1.29 is 23.8 Å². The van der Waals surface area contributed by atoms with Crippen molar-refractivity contribution in [2.24, 2.45) is 0 Å². The molecule has 0 fully saturated rings. The maximum atomic E-state index is 11.8. The zero-order chi connectivity index (χ0) is 15.2. The Morgan fingerprint density at radius 1 is 1.33 bits per heavy atom. The Bertz CT molecular complexity index is 652. The molecule has 0 saturated carbocycles. The molecule has 2 rings (SSSR count). The molecular weight excluding hydrogens is 294 g/mol. The number of carboxylic acid groups (broad SMARTS) is 1. The number of carbonyl (C=O) groups is 2. The maximum absolute atomic E-state index is 11.8. The summed E-state index contributed by atoms with van der Waals surface area (Å²) in [6.45, 7) is 0. The number of benzene rings is 1. The first-order valence-corrected chi connectivity index (χ1v) is 6.97. The molecule has 1 heterocycles. The zero-order valence-corrected chi connectivity index (χ0v) is 12.0. The van der Waals surface area contributed by atoms with Crippen molar-refractivity contribution in [3.05, 3.63) is 42.2 Å². The highest BCUT2D eigenvalue weighted by molar-refractivity contribution is 7.99. The molecule has 21 heavy (non-hydrogen) atoms. The van der Waals surface area contributed by atoms with E-state index in [2.05, 4.69) is 5.32 Å². The van der Waals surface area contributed by atoms with E-state index in [4.69, 9.17) is 14.3 Å². The number of amides is 1. The monoisotopic (exact) mass is 307 g/mol. The quantitative estimate of drug-likeness (QED) is 0.798. The van der Waals surface area contributed by atoms with Gasteiger partial charge in [0.15, 0.2) is 5.09 Å². The molecular formula is C14H13NO5S. The van der Waals surface area contributed by atoms with Gasteiger partial charge in [-0.15, -0.1) is 0 Å². The molecule has 1 amide bonds. The predicted molar refractivity (Wildman–Crippen MR) is 78.0 cm³/mol. The number of ether oxygens (including phenoxy) is 1. The molecule has 110 valence electrons. The minimum absolute atomic E-state index is 0.115. The van der Waals surface area contributed by atoms with Crippen molar-refractivity contribution in [1.82, 2.24) is 0 Å². The second-order valence-corrected chi connectivity index (χ2v) is 4.97. The summed E-state index contributed by atoms with van der Waals surface area (Å²) in [5.74, 6) is -0.739. The van der Waals surface area contributed by atoms with Crippen molar-refractivity contribution in [2.75, 3.05) is 18.2 Å². The van der Waals surface area contributed by atoms with E-state index in [9.17, 15) is 9.59 Å². The lowest BCUT2D eigenvalue weighted by Gasteiger charge is -2.06. The van der Waals surface area contributed by atoms with Crippen LogP contribution in [0.4, 0.5) is 5.69 Å². The van der Waals surface area contributed by atoms with Gasteiger partial charge in [0.2, 0.25) is 11.7 Å². The molecule has 0 aliphatic heterocycles. The Balaban J connectivity index is 1.87. The minimum Gasteiger partial charge on any atom is -0.497 e. The van der Waals surface area contributed by atoms with Gasteiger partial charge in [0.25, 0.3) is 0 Å². The topological polar surface area (TPSA) is 88.8 Å². The third-order valence-corrected chi connectivity index (χ3v) is 3.40. The Kier molecular flexibility index (Phi) is 4.89. The average molecular weight is 307 g/mol. The van der Waals surface area contributed by atoms with Crippen LogP contribution < -0.4 is 10.1 Å². The van der Waals surface area contributed by atoms with Crippen LogP contribution in [0.1, 0.15) is 10.6 Å². The number of rotatable bonds is 6. The molecule has 0 aliphatic rings. The maximum Gasteiger partial charge on any atom is 0.371 e. The van der Waals surface area contributed by atoms with Crippen LogP contribution in [-0.2, 0) is 4.79 Å². The summed E-state index contributed by atoms with van der Waals surface area (Å²) in [7, 11) is 1.55. The normalized spacial score (nSPS) is 10.1. The first kappa shape index (κ1) is 15.0. The molecule has 2 N–H and O–H groups in total. The summed E-state index contributed by atoms with van der Waals surface area (Å²) in [6, 6.07) is 9.88. The summed E-state index contributed by atoms with van der Waals surface area (Å²) in [5.41, 5.74) is 0.630. The van der Waals surface area contributed by atoms with Crippen LogP contribution in [0.2, 0.25) is 0 Å². The van der Waals surface area contributed by atoms with Crippen molar-refractivity contribution in [2.45, 2.75) is 5.09 Å². The van der Waals surface area contributed by atoms with Gasteiger partial charge in [-0.1, -0.05) is 17.8 Å². The average Bonchev–Trinajstić information content (AvgIpc) is 2.94. The van der Waals surface area contributed by atoms with E-state index >= 15 is 0 Å². The van der Waals surface area contributed by atoms with Gasteiger partial charge in [-0.2, -0.15) is 0 Å². The number of hydrogen-bond acceptors (Lipinski definition) is 5. The van der Waals surface area contributed by atoms with Gasteiger partial charge in [0.05, 0.1) is 12.9 Å². The van der Waals surface area contributed by atoms with Crippen LogP contribution in [0.3, 0.4) is 0 Å². The number of thioether (sulfide) groups is 1. The van der Waals surface area contributed by atoms with Crippen LogP contribution in [0, 0.1) is 0 Å². The van der Waals surface area contributed by atoms with E-state index in [-0.39, 0.29) is 17.4 Å². The molecule has 0 atom stereocenters. The zero-order valence-electron chi connectivity index (χ0n) is 11.2. The predicted octanol–water partition coefficient (Wildman–Crippen LogP) is 2.72. The molecule has 1 aromatic heterocycles. The van der Waals surface area contributed by atoms with E-state index in [0.29, 0.717) is 16.5 Å². The van der Waals surface area contributed by atoms with Crippen LogP contribution in [0.5, 0.6) is 5.75 Å². The fraction of sp³-hybridized carbons (Fsp3) is 0.143. The number of anilines is 1. The van der Waals surface area contributed by atoms with E-state index in [1.807, 2.05) is 0 Å². The standard InChI is InChI=1S/C14H13NO5S/c1-19-10-4-2-3-9(7-10)15-12(16)8-21-13-6-5-11(20-13)14(17)18/h2-7H,8H2,1H3,(H,15,16)(H,17,18). The van der Waals surface area contributed by atoms with Gasteiger partial charge in [-0.3, -0.25) is 4.79 Å². The molecule has 2 aromatic rings. The Morgan fingerprint density at radius 3 is 2.81 bits per heavy atom. The number of carbonyl (C=O) groups excluding carboxylic acids is 1. The van der Waals surface area contributed by atoms with Gasteiger partial charge < -0.3 is 19.6 Å². The molecule has 0 radical (unpaired) electrons. The summed E-state index contributed by atoms with van der Waals surface area (Å²) < 4.78 is 10.1. The minimum atomic E-state index is -1.14. The van der Waals surface area contributed by atoms with E-state index < -0.39 is 5.97 Å². The largest absolute Gasteiger partial charge is 0.497 e. The van der Waals surface area contributed by atoms with Crippen LogP contribution in [-0.4, -0.2) is 29.8 Å². The molecule has 7 heteroatoms. The van der Waals surface area contributed by atoms with Crippen molar-refractivity contribution in [3.8, 4) is 5.75 Å². The Labute approximate surface area is 125 Å². The first-order chi connectivity index (χ1) is 10.1. The SMILES string of the molecule is COc1cccc(NC(=O)CSc2ccc(C(=O)O)o2)c1. The fourth-order valence-corrected chi connectivity index (χ4v) is 2.21. The summed E-state index contributed by atoms with van der Waals surface area (Å²) >= 11 is 1.12. The van der Waals surface area contributed by atoms with Crippen molar-refractivity contribution >= 4 is 29.3 Å². The van der Waals surface area contributed by atoms with Gasteiger partial charge in [-0.25, -0.2) is 4.79 Å². The number of carboxylic acids is 1. The number of methoxy groups -OCH3 is 1. The Hall–Kier alpha value is -2.41. The highest BCUT2D eigenvalue weighted by Gasteiger charge is 2.11. The fourth-order valence-electron chi connectivity index (χ4n) is 1.55. The van der Waals surface area contributed by atoms with Crippen molar-refractivity contribution in [3.63, 3.8) is 0 Å². The molecule has 0 aliphatic carbocycles. The third kappa shape index (κ3) is 4.28. The first-order valence-electron chi connectivity index (χ1n) is 5.98. The second kappa shape index (κ2) is 6.85. The highest BCUT2D eigenvalue weighted by Crippen LogP contribution is 2.22. The van der Waals surface area contributed by atoms with Gasteiger partial charge in [0, 0.05) is 11.8 Å². The van der Waals surface area contributed by atoms with Crippen LogP contribution in [0.25, 0.3) is 0 Å². The lowest BCUT2D eigenvalue weighted by atomic mass is 10.3. The Morgan fingerprint density at radius 2 is 2.14 bits per heavy atom. The lowest BCUT2D eigenvalue weighted by Crippen LogP contribution is -2.13. The molecule has 0 saturated heterocycles. The van der Waals surface area contributed by atoms with Gasteiger partial charge in [0.1, 0.15) is 5.75 Å². The van der Waals surface area contributed by atoms with E-state index in [1.165, 1.54) is 12.1 Å². The van der Waals surface area contributed by atoms with Crippen LogP contribution >= 0.6 is 11.8 Å². The summed E-state index contributed by atoms with van der Waals surface area (Å²) in [4.78, 5) is 22.5.